The maximum absolute atomic E-state index is 12.8. The largest absolute Gasteiger partial charge is 0.472 e. The number of ether oxygens (including phenoxy) is 2. The van der Waals surface area contributed by atoms with Gasteiger partial charge in [0.15, 0.2) is 6.10 Å². The predicted octanol–water partition coefficient (Wildman–Crippen LogP) is 9.67. The topological polar surface area (TPSA) is 210 Å². The molecule has 0 saturated heterocycles. The van der Waals surface area contributed by atoms with Crippen LogP contribution in [0.5, 0.6) is 0 Å². The maximum Gasteiger partial charge on any atom is 0.472 e. The average Bonchev–Trinajstić information content (AvgIpc) is 3.23. The van der Waals surface area contributed by atoms with Gasteiger partial charge in [-0.05, 0) is 12.8 Å². The number of unbranched alkanes of at least 4 members (excludes halogenated alkanes) is 29. The minimum atomic E-state index is -5.11. The summed E-state index contributed by atoms with van der Waals surface area (Å²) in [5, 5.41) is 50.2. The quantitative estimate of drug-likeness (QED) is 0.0192. The van der Waals surface area contributed by atoms with Gasteiger partial charge in [0.25, 0.3) is 0 Å². The standard InChI is InChI=1S/C46H89O13P/c1-3-5-7-9-11-13-15-17-19-20-21-23-24-26-28-30-32-34-39(47)56-36-38(37-57-60(54,55)59-46-44(52)42(50)41(49)43(51)45(46)53)58-40(48)35-33-31-29-27-25-22-18-16-14-12-10-8-6-4-2/h38,41-46,49-53H,3-37H2,1-2H3,(H,54,55)/t38-,41?,42-,43?,44?,45?,46?/m0/s1. The molecular formula is C46H89O13P. The third-order valence-electron chi connectivity index (χ3n) is 11.7. The predicted molar refractivity (Wildman–Crippen MR) is 235 cm³/mol. The van der Waals surface area contributed by atoms with Gasteiger partial charge in [-0.2, -0.15) is 0 Å². The summed E-state index contributed by atoms with van der Waals surface area (Å²) in [7, 11) is -5.11. The molecule has 1 aliphatic rings. The van der Waals surface area contributed by atoms with Crippen molar-refractivity contribution in [3.05, 3.63) is 0 Å². The molecule has 0 aromatic carbocycles. The van der Waals surface area contributed by atoms with Crippen LogP contribution in [0.25, 0.3) is 0 Å². The van der Waals surface area contributed by atoms with Crippen LogP contribution in [0.1, 0.15) is 226 Å². The smallest absolute Gasteiger partial charge is 0.462 e. The molecule has 8 atom stereocenters. The van der Waals surface area contributed by atoms with Crippen molar-refractivity contribution in [1.82, 2.24) is 0 Å². The molecule has 1 aliphatic carbocycles. The molecule has 0 spiro atoms. The van der Waals surface area contributed by atoms with Crippen molar-refractivity contribution in [3.63, 3.8) is 0 Å². The summed E-state index contributed by atoms with van der Waals surface area (Å²) < 4.78 is 33.6. The molecule has 13 nitrogen and oxygen atoms in total. The Labute approximate surface area is 363 Å². The fraction of sp³-hybridized carbons (Fsp3) is 0.957. The Balaban J connectivity index is 2.41. The van der Waals surface area contributed by atoms with Gasteiger partial charge in [0.1, 0.15) is 43.2 Å². The monoisotopic (exact) mass is 881 g/mol. The number of esters is 2. The van der Waals surface area contributed by atoms with Gasteiger partial charge in [0.05, 0.1) is 6.61 Å². The lowest BCUT2D eigenvalue weighted by atomic mass is 9.85. The highest BCUT2D eigenvalue weighted by atomic mass is 31.2. The fourth-order valence-corrected chi connectivity index (χ4v) is 8.73. The lowest BCUT2D eigenvalue weighted by Gasteiger charge is -2.41. The summed E-state index contributed by atoms with van der Waals surface area (Å²) >= 11 is 0. The highest BCUT2D eigenvalue weighted by Crippen LogP contribution is 2.47. The van der Waals surface area contributed by atoms with E-state index in [1.807, 2.05) is 0 Å². The van der Waals surface area contributed by atoms with E-state index in [2.05, 4.69) is 13.8 Å². The number of hydrogen-bond donors (Lipinski definition) is 6. The van der Waals surface area contributed by atoms with E-state index in [1.165, 1.54) is 148 Å². The molecule has 6 unspecified atom stereocenters. The van der Waals surface area contributed by atoms with Gasteiger partial charge >= 0.3 is 19.8 Å². The number of phosphoric acid groups is 1. The lowest BCUT2D eigenvalue weighted by Crippen LogP contribution is -2.64. The normalized spacial score (nSPS) is 22.1. The number of aliphatic hydroxyl groups excluding tert-OH is 5. The molecule has 356 valence electrons. The molecule has 0 aromatic rings. The van der Waals surface area contributed by atoms with Crippen molar-refractivity contribution in [2.45, 2.75) is 268 Å². The minimum absolute atomic E-state index is 0.105. The highest BCUT2D eigenvalue weighted by molar-refractivity contribution is 7.47. The van der Waals surface area contributed by atoms with Crippen molar-refractivity contribution in [3.8, 4) is 0 Å². The Morgan fingerprint density at radius 3 is 1.10 bits per heavy atom. The summed E-state index contributed by atoms with van der Waals surface area (Å²) in [4.78, 5) is 35.7. The first kappa shape index (κ1) is 56.9. The Morgan fingerprint density at radius 2 is 0.750 bits per heavy atom. The Morgan fingerprint density at radius 1 is 0.450 bits per heavy atom. The first-order valence-electron chi connectivity index (χ1n) is 24.3. The van der Waals surface area contributed by atoms with Gasteiger partial charge in [-0.3, -0.25) is 18.6 Å². The molecule has 14 heteroatoms. The first-order valence-corrected chi connectivity index (χ1v) is 25.8. The molecule has 0 radical (unpaired) electrons. The van der Waals surface area contributed by atoms with E-state index < -0.39 is 75.7 Å². The average molecular weight is 881 g/mol. The number of phosphoric ester groups is 1. The zero-order chi connectivity index (χ0) is 44.3. The molecule has 1 rings (SSSR count). The highest BCUT2D eigenvalue weighted by Gasteiger charge is 2.51. The van der Waals surface area contributed by atoms with Crippen LogP contribution in [-0.4, -0.2) is 98.3 Å². The second kappa shape index (κ2) is 37.2. The molecular weight excluding hydrogens is 791 g/mol. The van der Waals surface area contributed by atoms with Gasteiger partial charge in [-0.25, -0.2) is 4.57 Å². The van der Waals surface area contributed by atoms with Crippen molar-refractivity contribution in [2.24, 2.45) is 0 Å². The molecule has 0 amide bonds. The van der Waals surface area contributed by atoms with Crippen molar-refractivity contribution < 1.29 is 63.1 Å². The summed E-state index contributed by atoms with van der Waals surface area (Å²) in [5.41, 5.74) is 0. The van der Waals surface area contributed by atoms with Gasteiger partial charge in [0.2, 0.25) is 0 Å². The van der Waals surface area contributed by atoms with Crippen LogP contribution in [0, 0.1) is 0 Å². The second-order valence-electron chi connectivity index (χ2n) is 17.3. The third-order valence-corrected chi connectivity index (χ3v) is 12.7. The third kappa shape index (κ3) is 29.3. The van der Waals surface area contributed by atoms with Crippen LogP contribution < -0.4 is 0 Å². The van der Waals surface area contributed by atoms with Crippen LogP contribution in [0.4, 0.5) is 0 Å². The molecule has 0 bridgehead atoms. The van der Waals surface area contributed by atoms with E-state index >= 15 is 0 Å². The van der Waals surface area contributed by atoms with E-state index in [4.69, 9.17) is 18.5 Å². The molecule has 0 aromatic heterocycles. The summed E-state index contributed by atoms with van der Waals surface area (Å²) in [6, 6.07) is 0. The molecule has 1 saturated carbocycles. The second-order valence-corrected chi connectivity index (χ2v) is 18.7. The van der Waals surface area contributed by atoms with Crippen LogP contribution in [0.3, 0.4) is 0 Å². The van der Waals surface area contributed by atoms with Gasteiger partial charge in [0, 0.05) is 12.8 Å². The number of carbonyl (C=O) groups is 2. The number of carbonyl (C=O) groups excluding carboxylic acids is 2. The number of aliphatic hydroxyl groups is 5. The molecule has 1 fully saturated rings. The van der Waals surface area contributed by atoms with Crippen molar-refractivity contribution in [1.29, 1.82) is 0 Å². The van der Waals surface area contributed by atoms with Crippen LogP contribution in [0.15, 0.2) is 0 Å². The van der Waals surface area contributed by atoms with E-state index in [-0.39, 0.29) is 12.8 Å². The van der Waals surface area contributed by atoms with E-state index in [0.29, 0.717) is 12.8 Å². The minimum Gasteiger partial charge on any atom is -0.462 e. The van der Waals surface area contributed by atoms with E-state index in [9.17, 15) is 44.6 Å². The number of hydrogen-bond acceptors (Lipinski definition) is 12. The summed E-state index contributed by atoms with van der Waals surface area (Å²) in [6.07, 6.45) is 24.4. The van der Waals surface area contributed by atoms with Crippen LogP contribution in [-0.2, 0) is 32.7 Å². The molecule has 0 aliphatic heterocycles. The zero-order valence-electron chi connectivity index (χ0n) is 37.8. The SMILES string of the molecule is CCCCCCCCCCCCCCCCCCCC(=O)OC[C@@H](COP(=O)(O)OC1C(O)C(O)C(O)[C@H](O)C1O)OC(=O)CCCCCCCCCCCCCCCC. The first-order chi connectivity index (χ1) is 28.9. The molecule has 6 N–H and O–H groups in total. The summed E-state index contributed by atoms with van der Waals surface area (Å²) in [6.45, 7) is 3.33. The molecule has 0 heterocycles. The Bertz CT molecular complexity index is 1060. The Hall–Kier alpha value is -1.15. The van der Waals surface area contributed by atoms with Gasteiger partial charge in [-0.15, -0.1) is 0 Å². The number of rotatable bonds is 41. The van der Waals surface area contributed by atoms with Crippen molar-refractivity contribution in [2.75, 3.05) is 13.2 Å². The zero-order valence-corrected chi connectivity index (χ0v) is 38.7. The summed E-state index contributed by atoms with van der Waals surface area (Å²) in [5.74, 6) is -1.08. The Kier molecular flexibility index (Phi) is 35.3. The van der Waals surface area contributed by atoms with E-state index in [1.54, 1.807) is 0 Å². The molecule has 60 heavy (non-hydrogen) atoms. The van der Waals surface area contributed by atoms with E-state index in [0.717, 1.165) is 38.5 Å². The fourth-order valence-electron chi connectivity index (χ4n) is 7.76. The van der Waals surface area contributed by atoms with Gasteiger partial charge < -0.3 is 39.9 Å². The maximum atomic E-state index is 12.8. The van der Waals surface area contributed by atoms with Crippen molar-refractivity contribution >= 4 is 19.8 Å². The van der Waals surface area contributed by atoms with Crippen LogP contribution >= 0.6 is 7.82 Å². The van der Waals surface area contributed by atoms with Crippen LogP contribution in [0.2, 0.25) is 0 Å². The lowest BCUT2D eigenvalue weighted by molar-refractivity contribution is -0.220. The van der Waals surface area contributed by atoms with Gasteiger partial charge in [-0.1, -0.05) is 200 Å².